The highest BCUT2D eigenvalue weighted by Gasteiger charge is 2.37. The molecule has 0 saturated carbocycles. The van der Waals surface area contributed by atoms with Gasteiger partial charge in [-0.25, -0.2) is 9.69 Å². The molecular weight excluding hydrogens is 528 g/mol. The van der Waals surface area contributed by atoms with E-state index in [4.69, 9.17) is 16.3 Å². The van der Waals surface area contributed by atoms with Gasteiger partial charge in [0.25, 0.3) is 23.4 Å². The molecular formula is C27H21ClN4O7. The monoisotopic (exact) mass is 548 g/mol. The Labute approximate surface area is 227 Å². The van der Waals surface area contributed by atoms with Crippen LogP contribution in [0.3, 0.4) is 0 Å². The van der Waals surface area contributed by atoms with Crippen molar-refractivity contribution in [2.75, 3.05) is 16.8 Å². The molecule has 2 N–H and O–H groups in total. The second-order valence-corrected chi connectivity index (χ2v) is 8.94. The van der Waals surface area contributed by atoms with Crippen LogP contribution in [0, 0.1) is 24.0 Å². The number of hydrogen-bond donors (Lipinski definition) is 2. The highest BCUT2D eigenvalue weighted by Crippen LogP contribution is 2.29. The quantitative estimate of drug-likeness (QED) is 0.190. The van der Waals surface area contributed by atoms with Gasteiger partial charge >= 0.3 is 6.03 Å². The number of nitro groups is 1. The number of amides is 5. The smallest absolute Gasteiger partial charge is 0.335 e. The average Bonchev–Trinajstić information content (AvgIpc) is 2.88. The molecule has 0 radical (unpaired) electrons. The topological polar surface area (TPSA) is 148 Å². The van der Waals surface area contributed by atoms with Crippen molar-refractivity contribution in [2.24, 2.45) is 0 Å². The minimum Gasteiger partial charge on any atom is -0.483 e. The van der Waals surface area contributed by atoms with E-state index in [1.54, 1.807) is 6.07 Å². The standard InChI is InChI=1S/C27H21ClN4O7/c1-15-5-3-8-22(16(15)2)29-24(33)14-39-23-10-9-18(28)11-17(23)12-21-25(34)30-27(36)31(26(21)35)19-6-4-7-20(13-19)32(37)38/h3-13H,14H2,1-2H3,(H,29,33)(H,30,34,36)/b21-12-. The van der Waals surface area contributed by atoms with Crippen molar-refractivity contribution in [2.45, 2.75) is 13.8 Å². The van der Waals surface area contributed by atoms with Crippen LogP contribution in [0.25, 0.3) is 6.08 Å². The maximum absolute atomic E-state index is 13.2. The van der Waals surface area contributed by atoms with Crippen molar-refractivity contribution in [3.05, 3.63) is 98.1 Å². The van der Waals surface area contributed by atoms with Gasteiger partial charge in [0.1, 0.15) is 11.3 Å². The van der Waals surface area contributed by atoms with Crippen LogP contribution in [0.1, 0.15) is 16.7 Å². The molecule has 0 bridgehead atoms. The first-order valence-corrected chi connectivity index (χ1v) is 11.9. The van der Waals surface area contributed by atoms with E-state index in [0.29, 0.717) is 10.6 Å². The number of halogens is 1. The first kappa shape index (κ1) is 27.0. The largest absolute Gasteiger partial charge is 0.483 e. The van der Waals surface area contributed by atoms with E-state index in [1.807, 2.05) is 31.3 Å². The molecule has 3 aromatic carbocycles. The number of imide groups is 2. The van der Waals surface area contributed by atoms with E-state index in [9.17, 15) is 29.3 Å². The molecule has 5 amide bonds. The third-order valence-corrected chi connectivity index (χ3v) is 6.14. The first-order chi connectivity index (χ1) is 18.5. The Balaban J connectivity index is 1.60. The summed E-state index contributed by atoms with van der Waals surface area (Å²) >= 11 is 6.13. The van der Waals surface area contributed by atoms with Gasteiger partial charge < -0.3 is 10.1 Å². The van der Waals surface area contributed by atoms with E-state index in [0.717, 1.165) is 23.3 Å². The van der Waals surface area contributed by atoms with Crippen LogP contribution in [0.2, 0.25) is 5.02 Å². The minimum atomic E-state index is -1.06. The molecule has 12 heteroatoms. The van der Waals surface area contributed by atoms with Gasteiger partial charge in [-0.2, -0.15) is 0 Å². The second kappa shape index (κ2) is 11.2. The van der Waals surface area contributed by atoms with E-state index < -0.39 is 34.2 Å². The number of carbonyl (C=O) groups is 4. The van der Waals surface area contributed by atoms with Crippen molar-refractivity contribution in [1.82, 2.24) is 5.32 Å². The number of hydrogen-bond acceptors (Lipinski definition) is 7. The number of non-ortho nitro benzene ring substituents is 1. The summed E-state index contributed by atoms with van der Waals surface area (Å²) in [6.07, 6.45) is 1.16. The molecule has 0 atom stereocenters. The van der Waals surface area contributed by atoms with Crippen LogP contribution in [0.15, 0.2) is 66.2 Å². The van der Waals surface area contributed by atoms with Crippen molar-refractivity contribution in [1.29, 1.82) is 0 Å². The SMILES string of the molecule is Cc1cccc(NC(=O)COc2ccc(Cl)cc2/C=C2/C(=O)NC(=O)N(c3cccc([N+](=O)[O-])c3)C2=O)c1C. The number of anilines is 2. The summed E-state index contributed by atoms with van der Waals surface area (Å²) < 4.78 is 5.67. The van der Waals surface area contributed by atoms with E-state index in [2.05, 4.69) is 5.32 Å². The maximum Gasteiger partial charge on any atom is 0.335 e. The Hall–Kier alpha value is -5.03. The fourth-order valence-electron chi connectivity index (χ4n) is 3.77. The third-order valence-electron chi connectivity index (χ3n) is 5.91. The number of benzene rings is 3. The van der Waals surface area contributed by atoms with Gasteiger partial charge in [-0.05, 0) is 61.4 Å². The highest BCUT2D eigenvalue weighted by atomic mass is 35.5. The zero-order chi connectivity index (χ0) is 28.3. The van der Waals surface area contributed by atoms with Crippen molar-refractivity contribution in [3.63, 3.8) is 0 Å². The molecule has 3 aromatic rings. The number of nitrogens with zero attached hydrogens (tertiary/aromatic N) is 2. The molecule has 0 unspecified atom stereocenters. The Morgan fingerprint density at radius 2 is 1.85 bits per heavy atom. The van der Waals surface area contributed by atoms with Crippen LogP contribution < -0.4 is 20.3 Å². The third kappa shape index (κ3) is 5.94. The summed E-state index contributed by atoms with van der Waals surface area (Å²) in [6, 6.07) is 13.7. The van der Waals surface area contributed by atoms with Gasteiger partial charge in [-0.15, -0.1) is 0 Å². The molecule has 0 aliphatic carbocycles. The Morgan fingerprint density at radius 1 is 1.10 bits per heavy atom. The summed E-state index contributed by atoms with van der Waals surface area (Å²) in [5.74, 6) is -2.29. The number of nitrogens with one attached hydrogen (secondary N) is 2. The number of urea groups is 1. The zero-order valence-corrected chi connectivity index (χ0v) is 21.4. The fraction of sp³-hybridized carbons (Fsp3) is 0.111. The van der Waals surface area contributed by atoms with Gasteiger partial charge in [0.15, 0.2) is 6.61 Å². The van der Waals surface area contributed by atoms with Crippen LogP contribution in [0.4, 0.5) is 21.9 Å². The molecule has 1 saturated heterocycles. The normalized spacial score (nSPS) is 14.3. The maximum atomic E-state index is 13.2. The number of aryl methyl sites for hydroxylation is 1. The Kier molecular flexibility index (Phi) is 7.73. The lowest BCUT2D eigenvalue weighted by molar-refractivity contribution is -0.384. The van der Waals surface area contributed by atoms with Crippen molar-refractivity contribution >= 4 is 58.5 Å². The van der Waals surface area contributed by atoms with Crippen LogP contribution in [-0.2, 0) is 14.4 Å². The van der Waals surface area contributed by atoms with Gasteiger partial charge in [0.05, 0.1) is 10.6 Å². The predicted octanol–water partition coefficient (Wildman–Crippen LogP) is 4.55. The molecule has 0 aromatic heterocycles. The lowest BCUT2D eigenvalue weighted by Gasteiger charge is -2.26. The lowest BCUT2D eigenvalue weighted by Crippen LogP contribution is -2.54. The molecule has 1 aliphatic rings. The van der Waals surface area contributed by atoms with Gasteiger partial charge in [0, 0.05) is 28.4 Å². The van der Waals surface area contributed by atoms with Crippen LogP contribution in [0.5, 0.6) is 5.75 Å². The summed E-state index contributed by atoms with van der Waals surface area (Å²) in [6.45, 7) is 3.41. The molecule has 11 nitrogen and oxygen atoms in total. The van der Waals surface area contributed by atoms with E-state index in [1.165, 1.54) is 36.4 Å². The van der Waals surface area contributed by atoms with Gasteiger partial charge in [0.2, 0.25) is 0 Å². The zero-order valence-electron chi connectivity index (χ0n) is 20.7. The average molecular weight is 549 g/mol. The highest BCUT2D eigenvalue weighted by molar-refractivity contribution is 6.39. The van der Waals surface area contributed by atoms with Crippen LogP contribution in [-0.4, -0.2) is 35.3 Å². The summed E-state index contributed by atoms with van der Waals surface area (Å²) in [4.78, 5) is 61.9. The molecule has 0 spiro atoms. The van der Waals surface area contributed by atoms with Gasteiger partial charge in [-0.3, -0.25) is 29.8 Å². The molecule has 1 fully saturated rings. The second-order valence-electron chi connectivity index (χ2n) is 8.50. The fourth-order valence-corrected chi connectivity index (χ4v) is 3.95. The summed E-state index contributed by atoms with van der Waals surface area (Å²) in [7, 11) is 0. The first-order valence-electron chi connectivity index (χ1n) is 11.5. The Morgan fingerprint density at radius 3 is 2.59 bits per heavy atom. The number of ether oxygens (including phenoxy) is 1. The van der Waals surface area contributed by atoms with Crippen molar-refractivity contribution < 1.29 is 28.8 Å². The van der Waals surface area contributed by atoms with E-state index in [-0.39, 0.29) is 34.3 Å². The molecule has 198 valence electrons. The molecule has 4 rings (SSSR count). The molecule has 39 heavy (non-hydrogen) atoms. The Bertz CT molecular complexity index is 1570. The predicted molar refractivity (Wildman–Crippen MR) is 144 cm³/mol. The number of nitro benzene ring substituents is 1. The number of rotatable bonds is 7. The van der Waals surface area contributed by atoms with E-state index >= 15 is 0 Å². The number of barbiturate groups is 1. The summed E-state index contributed by atoms with van der Waals surface area (Å²) in [5, 5.41) is 16.2. The number of carbonyl (C=O) groups excluding carboxylic acids is 4. The molecule has 1 aliphatic heterocycles. The summed E-state index contributed by atoms with van der Waals surface area (Å²) in [5.41, 5.74) is 1.84. The minimum absolute atomic E-state index is 0.101. The van der Waals surface area contributed by atoms with Gasteiger partial charge in [-0.1, -0.05) is 29.8 Å². The lowest BCUT2D eigenvalue weighted by atomic mass is 10.1. The molecule has 1 heterocycles. The van der Waals surface area contributed by atoms with Crippen LogP contribution >= 0.6 is 11.6 Å². The van der Waals surface area contributed by atoms with Crippen molar-refractivity contribution in [3.8, 4) is 5.75 Å².